The molecule has 1 saturated heterocycles. The van der Waals surface area contributed by atoms with Gasteiger partial charge in [-0.2, -0.15) is 0 Å². The Kier molecular flexibility index (Phi) is 9.22. The van der Waals surface area contributed by atoms with Crippen LogP contribution in [0.15, 0.2) is 24.3 Å². The van der Waals surface area contributed by atoms with Gasteiger partial charge in [-0.05, 0) is 57.6 Å². The molecule has 1 aromatic carbocycles. The van der Waals surface area contributed by atoms with Crippen LogP contribution >= 0.6 is 0 Å². The Balaban J connectivity index is 1.43. The fourth-order valence-corrected chi connectivity index (χ4v) is 5.12. The van der Waals surface area contributed by atoms with Crippen LogP contribution in [0.3, 0.4) is 0 Å². The number of aliphatic hydroxyl groups excluding tert-OH is 1. The lowest BCUT2D eigenvalue weighted by Crippen LogP contribution is -2.55. The van der Waals surface area contributed by atoms with Gasteiger partial charge in [-0.25, -0.2) is 9.59 Å². The highest BCUT2D eigenvalue weighted by molar-refractivity contribution is 5.88. The molecular formula is C29H42N4O7. The first kappa shape index (κ1) is 29.6. The minimum absolute atomic E-state index is 0.00761. The summed E-state index contributed by atoms with van der Waals surface area (Å²) in [5.41, 5.74) is 1.47. The molecule has 2 heterocycles. The number of ether oxygens (including phenoxy) is 2. The van der Waals surface area contributed by atoms with Crippen molar-refractivity contribution >= 4 is 24.0 Å². The van der Waals surface area contributed by atoms with Crippen molar-refractivity contribution in [1.29, 1.82) is 0 Å². The summed E-state index contributed by atoms with van der Waals surface area (Å²) in [5, 5.41) is 16.2. The molecule has 4 atom stereocenters. The highest BCUT2D eigenvalue weighted by Crippen LogP contribution is 2.26. The highest BCUT2D eigenvalue weighted by Gasteiger charge is 2.45. The molecule has 4 rings (SSSR count). The third-order valence-corrected chi connectivity index (χ3v) is 7.35. The van der Waals surface area contributed by atoms with Crippen molar-refractivity contribution in [2.75, 3.05) is 13.1 Å². The van der Waals surface area contributed by atoms with E-state index in [1.54, 1.807) is 25.7 Å². The number of hydrogen-bond donors (Lipinski definition) is 3. The SMILES string of the molecule is CCCC(NC(=O)[C@@H]1C[C@@H](OC(=O)N2CCc3ccccc3C2)CN1C(=O)OC(C)(C)C)C(O)C(=O)NC1CC1. The average molecular weight is 559 g/mol. The Morgan fingerprint density at radius 1 is 1.10 bits per heavy atom. The number of nitrogens with one attached hydrogen (secondary N) is 2. The molecule has 0 radical (unpaired) electrons. The highest BCUT2D eigenvalue weighted by atomic mass is 16.6. The molecule has 1 aliphatic carbocycles. The van der Waals surface area contributed by atoms with Crippen LogP contribution in [-0.2, 0) is 32.0 Å². The normalized spacial score (nSPS) is 22.1. The van der Waals surface area contributed by atoms with Gasteiger partial charge in [0.1, 0.15) is 17.7 Å². The summed E-state index contributed by atoms with van der Waals surface area (Å²) < 4.78 is 11.3. The Morgan fingerprint density at radius 3 is 2.45 bits per heavy atom. The summed E-state index contributed by atoms with van der Waals surface area (Å²) in [6, 6.07) is 6.20. The maximum absolute atomic E-state index is 13.5. The number of nitrogens with zero attached hydrogens (tertiary/aromatic N) is 2. The van der Waals surface area contributed by atoms with E-state index in [-0.39, 0.29) is 19.0 Å². The van der Waals surface area contributed by atoms with Gasteiger partial charge < -0.3 is 30.1 Å². The van der Waals surface area contributed by atoms with E-state index in [9.17, 15) is 24.3 Å². The lowest BCUT2D eigenvalue weighted by molar-refractivity contribution is -0.133. The van der Waals surface area contributed by atoms with Crippen LogP contribution in [0.2, 0.25) is 0 Å². The molecule has 2 fully saturated rings. The number of amides is 4. The third-order valence-electron chi connectivity index (χ3n) is 7.35. The van der Waals surface area contributed by atoms with Crippen molar-refractivity contribution in [3.05, 3.63) is 35.4 Å². The molecule has 4 amide bonds. The molecule has 1 aromatic rings. The van der Waals surface area contributed by atoms with Crippen molar-refractivity contribution in [1.82, 2.24) is 20.4 Å². The van der Waals surface area contributed by atoms with Gasteiger partial charge >= 0.3 is 12.2 Å². The second kappa shape index (κ2) is 12.4. The van der Waals surface area contributed by atoms with Crippen LogP contribution < -0.4 is 10.6 Å². The second-order valence-corrected chi connectivity index (χ2v) is 12.0. The zero-order valence-electron chi connectivity index (χ0n) is 23.9. The Labute approximate surface area is 235 Å². The largest absolute Gasteiger partial charge is 0.444 e. The first-order valence-corrected chi connectivity index (χ1v) is 14.3. The van der Waals surface area contributed by atoms with Gasteiger partial charge in [0.05, 0.1) is 12.6 Å². The van der Waals surface area contributed by atoms with E-state index >= 15 is 0 Å². The van der Waals surface area contributed by atoms with Gasteiger partial charge in [0.25, 0.3) is 5.91 Å². The van der Waals surface area contributed by atoms with E-state index in [0.717, 1.165) is 24.8 Å². The van der Waals surface area contributed by atoms with Crippen molar-refractivity contribution in [2.24, 2.45) is 0 Å². The first-order valence-electron chi connectivity index (χ1n) is 14.3. The van der Waals surface area contributed by atoms with Crippen LogP contribution in [0.5, 0.6) is 0 Å². The minimum Gasteiger partial charge on any atom is -0.444 e. The number of hydrogen-bond acceptors (Lipinski definition) is 7. The summed E-state index contributed by atoms with van der Waals surface area (Å²) in [5.74, 6) is -1.06. The Hall–Kier alpha value is -3.34. The van der Waals surface area contributed by atoms with Crippen molar-refractivity contribution < 1.29 is 33.8 Å². The summed E-state index contributed by atoms with van der Waals surface area (Å²) in [6.07, 6.45) is 0.206. The van der Waals surface area contributed by atoms with Gasteiger partial charge in [-0.1, -0.05) is 37.6 Å². The van der Waals surface area contributed by atoms with Crippen molar-refractivity contribution in [3.8, 4) is 0 Å². The summed E-state index contributed by atoms with van der Waals surface area (Å²) >= 11 is 0. The Morgan fingerprint density at radius 2 is 1.80 bits per heavy atom. The molecule has 0 spiro atoms. The van der Waals surface area contributed by atoms with E-state index in [2.05, 4.69) is 16.7 Å². The molecule has 0 aromatic heterocycles. The maximum Gasteiger partial charge on any atom is 0.411 e. The molecule has 220 valence electrons. The van der Waals surface area contributed by atoms with E-state index in [0.29, 0.717) is 25.9 Å². The van der Waals surface area contributed by atoms with E-state index in [1.807, 2.05) is 25.1 Å². The van der Waals surface area contributed by atoms with Gasteiger partial charge in [0.2, 0.25) is 5.91 Å². The van der Waals surface area contributed by atoms with E-state index in [1.165, 1.54) is 10.5 Å². The number of rotatable bonds is 8. The standard InChI is InChI=1S/C29H42N4O7/c1-5-8-22(24(34)26(36)30-20-11-12-20)31-25(35)23-15-21(17-33(23)28(38)40-29(2,3)4)39-27(37)32-14-13-18-9-6-7-10-19(18)16-32/h6-7,9-10,20-24,34H,5,8,11-17H2,1-4H3,(H,30,36)(H,31,35)/t21-,22?,23+,24?/m1/s1. The predicted molar refractivity (Wildman–Crippen MR) is 146 cm³/mol. The van der Waals surface area contributed by atoms with Crippen molar-refractivity contribution in [2.45, 2.75) is 109 Å². The van der Waals surface area contributed by atoms with Crippen LogP contribution in [0.4, 0.5) is 9.59 Å². The number of benzene rings is 1. The monoisotopic (exact) mass is 558 g/mol. The molecule has 2 unspecified atom stereocenters. The van der Waals surface area contributed by atoms with Crippen LogP contribution in [0.1, 0.15) is 70.9 Å². The third kappa shape index (κ3) is 7.65. The smallest absolute Gasteiger partial charge is 0.411 e. The summed E-state index contributed by atoms with van der Waals surface area (Å²) in [7, 11) is 0. The lowest BCUT2D eigenvalue weighted by Gasteiger charge is -2.30. The van der Waals surface area contributed by atoms with E-state index in [4.69, 9.17) is 9.47 Å². The second-order valence-electron chi connectivity index (χ2n) is 12.0. The molecule has 3 N–H and O–H groups in total. The quantitative estimate of drug-likeness (QED) is 0.446. The van der Waals surface area contributed by atoms with Crippen molar-refractivity contribution in [3.63, 3.8) is 0 Å². The minimum atomic E-state index is -1.42. The number of carbonyl (C=O) groups is 4. The van der Waals surface area contributed by atoms with Crippen LogP contribution in [-0.4, -0.2) is 87.9 Å². The number of likely N-dealkylation sites (tertiary alicyclic amines) is 1. The Bertz CT molecular complexity index is 1100. The molecule has 11 heteroatoms. The molecule has 11 nitrogen and oxygen atoms in total. The summed E-state index contributed by atoms with van der Waals surface area (Å²) in [4.78, 5) is 55.0. The van der Waals surface area contributed by atoms with Gasteiger partial charge in [0.15, 0.2) is 6.10 Å². The van der Waals surface area contributed by atoms with E-state index < -0.39 is 53.9 Å². The topological polar surface area (TPSA) is 138 Å². The van der Waals surface area contributed by atoms with Gasteiger partial charge in [-0.15, -0.1) is 0 Å². The first-order chi connectivity index (χ1) is 18.9. The van der Waals surface area contributed by atoms with Crippen LogP contribution in [0.25, 0.3) is 0 Å². The molecule has 1 saturated carbocycles. The van der Waals surface area contributed by atoms with Gasteiger partial charge in [-0.3, -0.25) is 14.5 Å². The fourth-order valence-electron chi connectivity index (χ4n) is 5.12. The number of carbonyl (C=O) groups excluding carboxylic acids is 4. The fraction of sp³-hybridized carbons (Fsp3) is 0.655. The average Bonchev–Trinajstić information content (AvgIpc) is 3.61. The number of aliphatic hydroxyl groups is 1. The summed E-state index contributed by atoms with van der Waals surface area (Å²) in [6.45, 7) is 8.02. The van der Waals surface area contributed by atoms with Crippen LogP contribution in [0, 0.1) is 0 Å². The molecule has 40 heavy (non-hydrogen) atoms. The molecule has 0 bridgehead atoms. The van der Waals surface area contributed by atoms with Gasteiger partial charge in [0, 0.05) is 25.6 Å². The maximum atomic E-state index is 13.5. The lowest BCUT2D eigenvalue weighted by atomic mass is 10.0. The zero-order chi connectivity index (χ0) is 29.0. The predicted octanol–water partition coefficient (Wildman–Crippen LogP) is 2.48. The molecule has 2 aliphatic heterocycles. The zero-order valence-corrected chi connectivity index (χ0v) is 23.9. The number of fused-ring (bicyclic) bond motifs is 1. The molecule has 3 aliphatic rings. The molecular weight excluding hydrogens is 516 g/mol.